The van der Waals surface area contributed by atoms with Gasteiger partial charge in [0.1, 0.15) is 0 Å². The summed E-state index contributed by atoms with van der Waals surface area (Å²) in [6.07, 6.45) is 0.886. The molecular weight excluding hydrogens is 344 g/mol. The monoisotopic (exact) mass is 354 g/mol. The molecule has 20 heavy (non-hydrogen) atoms. The number of nitro benzene ring substituents is 1. The maximum Gasteiger partial charge on any atom is 0.270 e. The Morgan fingerprint density at radius 3 is 2.65 bits per heavy atom. The van der Waals surface area contributed by atoms with E-state index in [9.17, 15) is 10.1 Å². The van der Waals surface area contributed by atoms with Crippen molar-refractivity contribution in [3.05, 3.63) is 61.6 Å². The molecule has 0 saturated carbocycles. The number of hydrogen-bond acceptors (Lipinski definition) is 3. The average Bonchev–Trinajstić information content (AvgIpc) is 2.40. The summed E-state index contributed by atoms with van der Waals surface area (Å²) in [5.74, 6) is 0. The van der Waals surface area contributed by atoms with Gasteiger partial charge in [0.2, 0.25) is 0 Å². The van der Waals surface area contributed by atoms with Crippen LogP contribution in [-0.4, -0.2) is 4.92 Å². The summed E-state index contributed by atoms with van der Waals surface area (Å²) in [7, 11) is 0. The molecule has 0 unspecified atom stereocenters. The second-order valence-corrected chi connectivity index (χ2v) is 5.54. The molecule has 6 heteroatoms. The summed E-state index contributed by atoms with van der Waals surface area (Å²) in [6.45, 7) is 2.05. The topological polar surface area (TPSA) is 55.2 Å². The smallest absolute Gasteiger partial charge is 0.270 e. The Kier molecular flexibility index (Phi) is 4.62. The van der Waals surface area contributed by atoms with Crippen molar-refractivity contribution in [2.24, 2.45) is 0 Å². The molecule has 104 valence electrons. The van der Waals surface area contributed by atoms with E-state index in [1.54, 1.807) is 6.07 Å². The molecule has 0 spiro atoms. The first kappa shape index (κ1) is 14.8. The van der Waals surface area contributed by atoms with E-state index in [1.165, 1.54) is 12.1 Å². The summed E-state index contributed by atoms with van der Waals surface area (Å²) >= 11 is 9.39. The third-order valence-electron chi connectivity index (χ3n) is 2.81. The van der Waals surface area contributed by atoms with E-state index in [0.29, 0.717) is 9.50 Å². The summed E-state index contributed by atoms with van der Waals surface area (Å²) < 4.78 is 0.629. The van der Waals surface area contributed by atoms with Crippen molar-refractivity contribution in [3.8, 4) is 0 Å². The molecule has 0 aliphatic heterocycles. The minimum Gasteiger partial charge on any atom is -0.355 e. The van der Waals surface area contributed by atoms with Crippen LogP contribution in [0.4, 0.5) is 17.1 Å². The number of hydrogen-bond donors (Lipinski definition) is 1. The summed E-state index contributed by atoms with van der Waals surface area (Å²) in [5.41, 5.74) is 2.77. The predicted octanol–water partition coefficient (Wildman–Crippen LogP) is 5.32. The van der Waals surface area contributed by atoms with Crippen LogP contribution in [0.5, 0.6) is 0 Å². The van der Waals surface area contributed by atoms with E-state index in [4.69, 9.17) is 11.6 Å². The Labute approximate surface area is 130 Å². The fourth-order valence-corrected chi connectivity index (χ4v) is 2.52. The van der Waals surface area contributed by atoms with Crippen LogP contribution in [0, 0.1) is 10.1 Å². The van der Waals surface area contributed by atoms with E-state index >= 15 is 0 Å². The standard InChI is InChI=1S/C14H12BrClN2O2/c1-2-9-5-10(16)7-11(6-9)17-14-4-3-12(18(19)20)8-13(14)15/h3-8,17H,2H2,1H3. The fourth-order valence-electron chi connectivity index (χ4n) is 1.80. The van der Waals surface area contributed by atoms with Gasteiger partial charge in [0.25, 0.3) is 5.69 Å². The number of nitrogens with one attached hydrogen (secondary N) is 1. The summed E-state index contributed by atoms with van der Waals surface area (Å²) in [5, 5.41) is 14.6. The molecular formula is C14H12BrClN2O2. The highest BCUT2D eigenvalue weighted by Gasteiger charge is 2.09. The number of rotatable bonds is 4. The van der Waals surface area contributed by atoms with Crippen LogP contribution in [0.2, 0.25) is 5.02 Å². The van der Waals surface area contributed by atoms with Crippen molar-refractivity contribution in [1.29, 1.82) is 0 Å². The Balaban J connectivity index is 2.30. The minimum atomic E-state index is -0.427. The lowest BCUT2D eigenvalue weighted by atomic mass is 10.1. The van der Waals surface area contributed by atoms with E-state index in [1.807, 2.05) is 18.2 Å². The highest BCUT2D eigenvalue weighted by Crippen LogP contribution is 2.30. The van der Waals surface area contributed by atoms with Crippen LogP contribution in [0.25, 0.3) is 0 Å². The number of aryl methyl sites for hydroxylation is 1. The first-order valence-electron chi connectivity index (χ1n) is 6.00. The number of non-ortho nitro benzene ring substituents is 1. The van der Waals surface area contributed by atoms with Crippen molar-refractivity contribution in [1.82, 2.24) is 0 Å². The van der Waals surface area contributed by atoms with E-state index in [2.05, 4.69) is 28.2 Å². The highest BCUT2D eigenvalue weighted by molar-refractivity contribution is 9.10. The lowest BCUT2D eigenvalue weighted by Gasteiger charge is -2.10. The highest BCUT2D eigenvalue weighted by atomic mass is 79.9. The Morgan fingerprint density at radius 2 is 2.05 bits per heavy atom. The van der Waals surface area contributed by atoms with Gasteiger partial charge in [0.15, 0.2) is 0 Å². The zero-order chi connectivity index (χ0) is 14.7. The molecule has 4 nitrogen and oxygen atoms in total. The quantitative estimate of drug-likeness (QED) is 0.597. The number of nitro groups is 1. The zero-order valence-electron chi connectivity index (χ0n) is 10.7. The molecule has 2 aromatic rings. The van der Waals surface area contributed by atoms with Crippen molar-refractivity contribution in [2.75, 3.05) is 5.32 Å². The van der Waals surface area contributed by atoms with Gasteiger partial charge in [-0.2, -0.15) is 0 Å². The molecule has 0 aliphatic rings. The maximum atomic E-state index is 10.7. The van der Waals surface area contributed by atoms with Crippen LogP contribution in [-0.2, 0) is 6.42 Å². The van der Waals surface area contributed by atoms with Crippen molar-refractivity contribution in [3.63, 3.8) is 0 Å². The van der Waals surface area contributed by atoms with Gasteiger partial charge in [-0.1, -0.05) is 18.5 Å². The van der Waals surface area contributed by atoms with Gasteiger partial charge in [-0.3, -0.25) is 10.1 Å². The van der Waals surface area contributed by atoms with Gasteiger partial charge in [-0.25, -0.2) is 0 Å². The first-order chi connectivity index (χ1) is 9.49. The van der Waals surface area contributed by atoms with Crippen LogP contribution in [0.1, 0.15) is 12.5 Å². The Morgan fingerprint density at radius 1 is 1.30 bits per heavy atom. The van der Waals surface area contributed by atoms with Crippen LogP contribution < -0.4 is 5.32 Å². The number of halogens is 2. The second-order valence-electron chi connectivity index (χ2n) is 4.25. The largest absolute Gasteiger partial charge is 0.355 e. The molecule has 0 heterocycles. The molecule has 2 rings (SSSR count). The van der Waals surface area contributed by atoms with E-state index < -0.39 is 4.92 Å². The molecule has 0 bridgehead atoms. The van der Waals surface area contributed by atoms with Gasteiger partial charge in [0.05, 0.1) is 10.6 Å². The number of benzene rings is 2. The maximum absolute atomic E-state index is 10.7. The molecule has 0 saturated heterocycles. The van der Waals surface area contributed by atoms with Gasteiger partial charge < -0.3 is 5.32 Å². The molecule has 0 atom stereocenters. The molecule has 0 amide bonds. The van der Waals surface area contributed by atoms with E-state index in [0.717, 1.165) is 23.4 Å². The molecule has 0 aromatic heterocycles. The zero-order valence-corrected chi connectivity index (χ0v) is 13.0. The van der Waals surface area contributed by atoms with E-state index in [-0.39, 0.29) is 5.69 Å². The molecule has 1 N–H and O–H groups in total. The fraction of sp³-hybridized carbons (Fsp3) is 0.143. The average molecular weight is 356 g/mol. The first-order valence-corrected chi connectivity index (χ1v) is 7.17. The number of anilines is 2. The van der Waals surface area contributed by atoms with Crippen LogP contribution >= 0.6 is 27.5 Å². The van der Waals surface area contributed by atoms with Crippen molar-refractivity contribution < 1.29 is 4.92 Å². The van der Waals surface area contributed by atoms with Crippen LogP contribution in [0.3, 0.4) is 0 Å². The normalized spacial score (nSPS) is 10.3. The lowest BCUT2D eigenvalue weighted by Crippen LogP contribution is -1.94. The molecule has 0 radical (unpaired) electrons. The molecule has 0 fully saturated rings. The SMILES string of the molecule is CCc1cc(Cl)cc(Nc2ccc([N+](=O)[O-])cc2Br)c1. The second kappa shape index (κ2) is 6.24. The Hall–Kier alpha value is -1.59. The Bertz CT molecular complexity index is 662. The van der Waals surface area contributed by atoms with Gasteiger partial charge in [-0.15, -0.1) is 0 Å². The number of nitrogens with zero attached hydrogens (tertiary/aromatic N) is 1. The third kappa shape index (κ3) is 3.49. The summed E-state index contributed by atoms with van der Waals surface area (Å²) in [4.78, 5) is 10.3. The minimum absolute atomic E-state index is 0.0442. The third-order valence-corrected chi connectivity index (χ3v) is 3.68. The van der Waals surface area contributed by atoms with Gasteiger partial charge >= 0.3 is 0 Å². The lowest BCUT2D eigenvalue weighted by molar-refractivity contribution is -0.384. The summed E-state index contributed by atoms with van der Waals surface area (Å²) in [6, 6.07) is 10.3. The van der Waals surface area contributed by atoms with Crippen molar-refractivity contribution in [2.45, 2.75) is 13.3 Å². The van der Waals surface area contributed by atoms with Gasteiger partial charge in [-0.05, 0) is 52.2 Å². The van der Waals surface area contributed by atoms with Crippen LogP contribution in [0.15, 0.2) is 40.9 Å². The molecule has 0 aliphatic carbocycles. The predicted molar refractivity (Wildman–Crippen MR) is 84.9 cm³/mol. The van der Waals surface area contributed by atoms with Gasteiger partial charge in [0, 0.05) is 27.3 Å². The van der Waals surface area contributed by atoms with Crippen molar-refractivity contribution >= 4 is 44.6 Å². The molecule has 2 aromatic carbocycles.